The van der Waals surface area contributed by atoms with E-state index in [4.69, 9.17) is 39.5 Å². The molecule has 2 aromatic rings. The van der Waals surface area contributed by atoms with Crippen LogP contribution in [0.25, 0.3) is 0 Å². The Labute approximate surface area is 165 Å². The second kappa shape index (κ2) is 7.43. The zero-order valence-electron chi connectivity index (χ0n) is 13.3. The van der Waals surface area contributed by atoms with Crippen LogP contribution in [0.3, 0.4) is 0 Å². The molecule has 26 heavy (non-hydrogen) atoms. The number of nitro groups is 1. The Hall–Kier alpha value is -1.82. The van der Waals surface area contributed by atoms with Crippen LogP contribution in [0, 0.1) is 10.1 Å². The van der Waals surface area contributed by atoms with Crippen molar-refractivity contribution in [1.29, 1.82) is 0 Å². The summed E-state index contributed by atoms with van der Waals surface area (Å²) < 4.78 is 3.62. The predicted molar refractivity (Wildman–Crippen MR) is 100 cm³/mol. The van der Waals surface area contributed by atoms with E-state index in [0.29, 0.717) is 16.9 Å². The van der Waals surface area contributed by atoms with Gasteiger partial charge in [0.2, 0.25) is 9.90 Å². The first kappa shape index (κ1) is 19.0. The van der Waals surface area contributed by atoms with E-state index in [2.05, 4.69) is 0 Å². The average Bonchev–Trinajstić information content (AvgIpc) is 2.61. The number of hydrogen-bond donors (Lipinski definition) is 0. The van der Waals surface area contributed by atoms with E-state index in [-0.39, 0.29) is 12.2 Å². The lowest BCUT2D eigenvalue weighted by atomic mass is 9.81. The van der Waals surface area contributed by atoms with Crippen molar-refractivity contribution in [2.24, 2.45) is 0 Å². The first-order valence-electron chi connectivity index (χ1n) is 7.83. The SMILES string of the molecule is O=C(C[C@H]1c2ccccc2O[C@@H](C(Cl)(Cl)Cl)[C@@H]1[N+](=O)[O-])c1ccccc1. The summed E-state index contributed by atoms with van der Waals surface area (Å²) in [5.74, 6) is -0.613. The summed E-state index contributed by atoms with van der Waals surface area (Å²) in [6.45, 7) is 0. The smallest absolute Gasteiger partial charge is 0.260 e. The van der Waals surface area contributed by atoms with E-state index >= 15 is 0 Å². The van der Waals surface area contributed by atoms with Crippen LogP contribution in [0.4, 0.5) is 0 Å². The highest BCUT2D eigenvalue weighted by Crippen LogP contribution is 2.46. The van der Waals surface area contributed by atoms with E-state index in [1.165, 1.54) is 0 Å². The van der Waals surface area contributed by atoms with Gasteiger partial charge in [0.15, 0.2) is 5.78 Å². The maximum Gasteiger partial charge on any atom is 0.260 e. The number of carbonyl (C=O) groups is 1. The molecular formula is C18H14Cl3NO4. The van der Waals surface area contributed by atoms with Crippen molar-refractivity contribution in [1.82, 2.24) is 0 Å². The van der Waals surface area contributed by atoms with Crippen LogP contribution in [0.5, 0.6) is 5.75 Å². The van der Waals surface area contributed by atoms with Crippen LogP contribution in [-0.4, -0.2) is 26.6 Å². The number of nitrogens with zero attached hydrogens (tertiary/aromatic N) is 1. The summed E-state index contributed by atoms with van der Waals surface area (Å²) in [7, 11) is 0. The third-order valence-corrected chi connectivity index (χ3v) is 5.01. The minimum atomic E-state index is -2.01. The van der Waals surface area contributed by atoms with E-state index in [9.17, 15) is 14.9 Å². The van der Waals surface area contributed by atoms with Crippen molar-refractivity contribution in [3.8, 4) is 5.75 Å². The Morgan fingerprint density at radius 2 is 1.69 bits per heavy atom. The number of carbonyl (C=O) groups excluding carboxylic acids is 1. The molecule has 0 saturated heterocycles. The fourth-order valence-electron chi connectivity index (χ4n) is 3.19. The van der Waals surface area contributed by atoms with Gasteiger partial charge in [-0.1, -0.05) is 83.3 Å². The van der Waals surface area contributed by atoms with Crippen molar-refractivity contribution in [3.05, 3.63) is 75.8 Å². The molecule has 1 heterocycles. The molecule has 1 aliphatic rings. The molecule has 0 N–H and O–H groups in total. The summed E-state index contributed by atoms with van der Waals surface area (Å²) in [6.07, 6.45) is -1.40. The van der Waals surface area contributed by atoms with Crippen LogP contribution < -0.4 is 4.74 Å². The van der Waals surface area contributed by atoms with Gasteiger partial charge in [-0.2, -0.15) is 0 Å². The van der Waals surface area contributed by atoms with Gasteiger partial charge < -0.3 is 4.74 Å². The molecule has 8 heteroatoms. The van der Waals surface area contributed by atoms with E-state index < -0.39 is 26.8 Å². The van der Waals surface area contributed by atoms with Crippen LogP contribution >= 0.6 is 34.8 Å². The summed E-state index contributed by atoms with van der Waals surface area (Å²) in [6, 6.07) is 14.0. The highest BCUT2D eigenvalue weighted by molar-refractivity contribution is 6.68. The summed E-state index contributed by atoms with van der Waals surface area (Å²) in [5, 5.41) is 11.8. The van der Waals surface area contributed by atoms with Crippen LogP contribution in [0.2, 0.25) is 0 Å². The van der Waals surface area contributed by atoms with E-state index in [1.54, 1.807) is 54.6 Å². The highest BCUT2D eigenvalue weighted by atomic mass is 35.6. The molecule has 0 aliphatic carbocycles. The van der Waals surface area contributed by atoms with Gasteiger partial charge in [0.25, 0.3) is 6.04 Å². The minimum Gasteiger partial charge on any atom is -0.478 e. The molecular weight excluding hydrogens is 401 g/mol. The molecule has 0 saturated carbocycles. The molecule has 0 bridgehead atoms. The minimum absolute atomic E-state index is 0.0900. The number of hydrogen-bond acceptors (Lipinski definition) is 4. The quantitative estimate of drug-likeness (QED) is 0.311. The highest BCUT2D eigenvalue weighted by Gasteiger charge is 2.55. The maximum absolute atomic E-state index is 12.7. The topological polar surface area (TPSA) is 69.4 Å². The molecule has 136 valence electrons. The molecule has 2 aromatic carbocycles. The third-order valence-electron chi connectivity index (χ3n) is 4.36. The van der Waals surface area contributed by atoms with Crippen LogP contribution in [0.1, 0.15) is 28.3 Å². The molecule has 0 aromatic heterocycles. The molecule has 3 atom stereocenters. The number of halogens is 3. The molecule has 3 rings (SSSR count). The van der Waals surface area contributed by atoms with E-state index in [1.807, 2.05) is 0 Å². The Balaban J connectivity index is 2.03. The molecule has 0 fully saturated rings. The van der Waals surface area contributed by atoms with Crippen molar-refractivity contribution in [2.75, 3.05) is 0 Å². The van der Waals surface area contributed by atoms with Crippen molar-refractivity contribution in [3.63, 3.8) is 0 Å². The first-order valence-corrected chi connectivity index (χ1v) is 8.96. The number of ether oxygens (including phenoxy) is 1. The monoisotopic (exact) mass is 413 g/mol. The van der Waals surface area contributed by atoms with Gasteiger partial charge in [-0.3, -0.25) is 14.9 Å². The second-order valence-corrected chi connectivity index (χ2v) is 8.36. The normalized spacial score (nSPS) is 22.2. The van der Waals surface area contributed by atoms with Gasteiger partial charge in [0.05, 0.1) is 5.92 Å². The summed E-state index contributed by atoms with van der Waals surface area (Å²) in [5.41, 5.74) is 1.04. The van der Waals surface area contributed by atoms with Crippen LogP contribution in [0.15, 0.2) is 54.6 Å². The number of benzene rings is 2. The van der Waals surface area contributed by atoms with Gasteiger partial charge in [-0.05, 0) is 6.07 Å². The first-order chi connectivity index (χ1) is 12.3. The van der Waals surface area contributed by atoms with Gasteiger partial charge in [-0.15, -0.1) is 0 Å². The van der Waals surface area contributed by atoms with Crippen molar-refractivity contribution < 1.29 is 14.5 Å². The maximum atomic E-state index is 12.7. The number of Topliss-reactive ketones (excluding diaryl/α,β-unsaturated/α-hetero) is 1. The average molecular weight is 415 g/mol. The zero-order chi connectivity index (χ0) is 18.9. The van der Waals surface area contributed by atoms with Crippen molar-refractivity contribution in [2.45, 2.75) is 28.3 Å². The van der Waals surface area contributed by atoms with Gasteiger partial charge in [0, 0.05) is 22.5 Å². The number of alkyl halides is 3. The number of para-hydroxylation sites is 1. The summed E-state index contributed by atoms with van der Waals surface area (Å²) in [4.78, 5) is 23.9. The molecule has 0 amide bonds. The fourth-order valence-corrected chi connectivity index (χ4v) is 3.71. The Kier molecular flexibility index (Phi) is 5.42. The van der Waals surface area contributed by atoms with Gasteiger partial charge >= 0.3 is 0 Å². The Bertz CT molecular complexity index is 823. The molecule has 1 aliphatic heterocycles. The van der Waals surface area contributed by atoms with E-state index in [0.717, 1.165) is 0 Å². The van der Waals surface area contributed by atoms with Crippen molar-refractivity contribution >= 4 is 40.6 Å². The lowest BCUT2D eigenvalue weighted by Crippen LogP contribution is -2.52. The Morgan fingerprint density at radius 3 is 2.31 bits per heavy atom. The van der Waals surface area contributed by atoms with Gasteiger partial charge in [0.1, 0.15) is 5.75 Å². The third kappa shape index (κ3) is 3.80. The van der Waals surface area contributed by atoms with Gasteiger partial charge in [-0.25, -0.2) is 0 Å². The predicted octanol–water partition coefficient (Wildman–Crippen LogP) is 4.82. The zero-order valence-corrected chi connectivity index (χ0v) is 15.6. The molecule has 0 unspecified atom stereocenters. The lowest BCUT2D eigenvalue weighted by molar-refractivity contribution is -0.538. The molecule has 5 nitrogen and oxygen atoms in total. The lowest BCUT2D eigenvalue weighted by Gasteiger charge is -2.37. The summed E-state index contributed by atoms with van der Waals surface area (Å²) >= 11 is 17.9. The molecule has 0 spiro atoms. The largest absolute Gasteiger partial charge is 0.478 e. The molecule has 0 radical (unpaired) electrons. The number of ketones is 1. The van der Waals surface area contributed by atoms with Crippen LogP contribution in [-0.2, 0) is 0 Å². The second-order valence-electron chi connectivity index (χ2n) is 5.99. The Morgan fingerprint density at radius 1 is 1.08 bits per heavy atom. The number of rotatable bonds is 4. The fraction of sp³-hybridized carbons (Fsp3) is 0.278. The number of fused-ring (bicyclic) bond motifs is 1. The standard InChI is InChI=1S/C18H14Cl3NO4/c19-18(20,21)17-16(22(24)25)13(12-8-4-5-9-15(12)26-17)10-14(23)11-6-2-1-3-7-11/h1-9,13,16-17H,10H2/t13-,16+,17+/m0/s1.